The van der Waals surface area contributed by atoms with Gasteiger partial charge < -0.3 is 3.83 Å². The maximum atomic E-state index is 12.5. The highest BCUT2D eigenvalue weighted by atomic mass is 79.9. The van der Waals surface area contributed by atoms with Crippen molar-refractivity contribution in [3.8, 4) is 0 Å². The van der Waals surface area contributed by atoms with Crippen LogP contribution in [0.5, 0.6) is 0 Å². The fraction of sp³-hybridized carbons (Fsp3) is 0. The molecular weight excluding hydrogens is 234 g/mol. The lowest BCUT2D eigenvalue weighted by Gasteiger charge is -1.96. The summed E-state index contributed by atoms with van der Waals surface area (Å²) in [6.45, 7) is 0. The van der Waals surface area contributed by atoms with Gasteiger partial charge in [-0.05, 0) is 12.1 Å². The SMILES string of the molecule is O=C(OBr)c1cc(F)cc(F)c1. The number of hydrogen-bond donors (Lipinski definition) is 0. The Balaban J connectivity index is 3.08. The number of benzene rings is 1. The van der Waals surface area contributed by atoms with E-state index in [0.717, 1.165) is 12.1 Å². The van der Waals surface area contributed by atoms with Crippen molar-refractivity contribution in [1.29, 1.82) is 0 Å². The number of rotatable bonds is 1. The van der Waals surface area contributed by atoms with E-state index >= 15 is 0 Å². The highest BCUT2D eigenvalue weighted by Gasteiger charge is 2.08. The van der Waals surface area contributed by atoms with Gasteiger partial charge in [-0.1, -0.05) is 0 Å². The van der Waals surface area contributed by atoms with Gasteiger partial charge in [-0.2, -0.15) is 0 Å². The van der Waals surface area contributed by atoms with E-state index in [1.165, 1.54) is 0 Å². The minimum atomic E-state index is -0.839. The van der Waals surface area contributed by atoms with Crippen molar-refractivity contribution >= 4 is 22.2 Å². The Morgan fingerprint density at radius 1 is 1.25 bits per heavy atom. The summed E-state index contributed by atoms with van der Waals surface area (Å²) in [4.78, 5) is 10.7. The monoisotopic (exact) mass is 236 g/mol. The molecule has 1 rings (SSSR count). The molecule has 1 aromatic rings. The molecule has 0 fully saturated rings. The van der Waals surface area contributed by atoms with Crippen LogP contribution in [0.2, 0.25) is 0 Å². The van der Waals surface area contributed by atoms with Crippen LogP contribution < -0.4 is 0 Å². The van der Waals surface area contributed by atoms with E-state index < -0.39 is 17.6 Å². The first-order valence-corrected chi connectivity index (χ1v) is 3.57. The molecule has 0 aromatic heterocycles. The molecule has 0 N–H and O–H groups in total. The third-order valence-corrected chi connectivity index (χ3v) is 1.46. The summed E-state index contributed by atoms with van der Waals surface area (Å²) < 4.78 is 29.0. The second kappa shape index (κ2) is 3.62. The summed E-state index contributed by atoms with van der Waals surface area (Å²) in [5.41, 5.74) is -0.177. The van der Waals surface area contributed by atoms with Crippen LogP contribution in [-0.2, 0) is 3.83 Å². The average molecular weight is 237 g/mol. The molecule has 0 aliphatic carbocycles. The highest BCUT2D eigenvalue weighted by Crippen LogP contribution is 2.09. The molecular formula is C7H3BrF2O2. The minimum absolute atomic E-state index is 0.177. The molecule has 0 saturated carbocycles. The maximum absolute atomic E-state index is 12.5. The predicted molar refractivity (Wildman–Crippen MR) is 40.7 cm³/mol. The second-order valence-corrected chi connectivity index (χ2v) is 2.35. The Labute approximate surface area is 75.6 Å². The lowest BCUT2D eigenvalue weighted by molar-refractivity contribution is 0.0781. The summed E-state index contributed by atoms with van der Waals surface area (Å²) in [6, 6.07) is 2.43. The first-order chi connectivity index (χ1) is 5.63. The minimum Gasteiger partial charge on any atom is -0.380 e. The Morgan fingerprint density at radius 2 is 1.75 bits per heavy atom. The zero-order chi connectivity index (χ0) is 9.14. The van der Waals surface area contributed by atoms with Crippen molar-refractivity contribution in [3.63, 3.8) is 0 Å². The van der Waals surface area contributed by atoms with Crippen molar-refractivity contribution in [2.75, 3.05) is 0 Å². The van der Waals surface area contributed by atoms with E-state index in [4.69, 9.17) is 0 Å². The first kappa shape index (κ1) is 9.12. The average Bonchev–Trinajstić information content (AvgIpc) is 2.01. The molecule has 12 heavy (non-hydrogen) atoms. The normalized spacial score (nSPS) is 9.58. The van der Waals surface area contributed by atoms with Crippen LogP contribution in [0, 0.1) is 11.6 Å². The third kappa shape index (κ3) is 2.01. The standard InChI is InChI=1S/C7H3BrF2O2/c8-12-7(11)4-1-5(9)3-6(10)2-4/h1-3H. The molecule has 0 radical (unpaired) electrons. The van der Waals surface area contributed by atoms with Crippen molar-refractivity contribution < 1.29 is 17.4 Å². The Hall–Kier alpha value is -0.970. The van der Waals surface area contributed by atoms with Crippen LogP contribution in [0.1, 0.15) is 10.4 Å². The van der Waals surface area contributed by atoms with Crippen LogP contribution in [0.4, 0.5) is 8.78 Å². The van der Waals surface area contributed by atoms with E-state index in [1.807, 2.05) is 0 Å². The summed E-state index contributed by atoms with van der Waals surface area (Å²) in [6.07, 6.45) is 0. The van der Waals surface area contributed by atoms with Crippen molar-refractivity contribution in [1.82, 2.24) is 0 Å². The smallest absolute Gasteiger partial charge is 0.349 e. The Bertz CT molecular complexity index is 294. The summed E-state index contributed by atoms with van der Waals surface area (Å²) in [7, 11) is 0. The van der Waals surface area contributed by atoms with Crippen LogP contribution in [0.25, 0.3) is 0 Å². The second-order valence-electron chi connectivity index (χ2n) is 2.02. The first-order valence-electron chi connectivity index (χ1n) is 2.92. The lowest BCUT2D eigenvalue weighted by Crippen LogP contribution is -1.99. The molecule has 64 valence electrons. The van der Waals surface area contributed by atoms with Gasteiger partial charge in [0.2, 0.25) is 0 Å². The van der Waals surface area contributed by atoms with E-state index in [2.05, 4.69) is 20.1 Å². The van der Waals surface area contributed by atoms with E-state index in [0.29, 0.717) is 6.07 Å². The molecule has 0 amide bonds. The van der Waals surface area contributed by atoms with Gasteiger partial charge in [0, 0.05) is 6.07 Å². The van der Waals surface area contributed by atoms with E-state index in [-0.39, 0.29) is 5.56 Å². The highest BCUT2D eigenvalue weighted by molar-refractivity contribution is 9.06. The molecule has 5 heteroatoms. The van der Waals surface area contributed by atoms with E-state index in [1.54, 1.807) is 0 Å². The topological polar surface area (TPSA) is 26.3 Å². The fourth-order valence-corrected chi connectivity index (χ4v) is 0.903. The zero-order valence-electron chi connectivity index (χ0n) is 5.68. The predicted octanol–water partition coefficient (Wildman–Crippen LogP) is 2.43. The third-order valence-electron chi connectivity index (χ3n) is 1.17. The van der Waals surface area contributed by atoms with Gasteiger partial charge in [0.05, 0.1) is 5.56 Å². The van der Waals surface area contributed by atoms with E-state index in [9.17, 15) is 13.6 Å². The van der Waals surface area contributed by atoms with Gasteiger partial charge in [0.15, 0.2) is 16.3 Å². The number of hydrogen-bond acceptors (Lipinski definition) is 2. The fourth-order valence-electron chi connectivity index (χ4n) is 0.716. The van der Waals surface area contributed by atoms with Crippen LogP contribution in [-0.4, -0.2) is 5.97 Å². The van der Waals surface area contributed by atoms with Crippen LogP contribution in [0.15, 0.2) is 18.2 Å². The van der Waals surface area contributed by atoms with Gasteiger partial charge in [-0.3, -0.25) is 0 Å². The van der Waals surface area contributed by atoms with Gasteiger partial charge in [-0.15, -0.1) is 0 Å². The quantitative estimate of drug-likeness (QED) is 0.749. The zero-order valence-corrected chi connectivity index (χ0v) is 7.27. The summed E-state index contributed by atoms with van der Waals surface area (Å²) in [5, 5.41) is 0. The lowest BCUT2D eigenvalue weighted by atomic mass is 10.2. The molecule has 0 aliphatic heterocycles. The molecule has 0 unspecified atom stereocenters. The molecule has 0 heterocycles. The largest absolute Gasteiger partial charge is 0.380 e. The Morgan fingerprint density at radius 3 is 2.17 bits per heavy atom. The van der Waals surface area contributed by atoms with Crippen molar-refractivity contribution in [2.24, 2.45) is 0 Å². The molecule has 0 spiro atoms. The molecule has 0 atom stereocenters. The Kier molecular flexibility index (Phi) is 2.75. The molecule has 0 aliphatic rings. The summed E-state index contributed by atoms with van der Waals surface area (Å²) >= 11 is 2.41. The summed E-state index contributed by atoms with van der Waals surface area (Å²) in [5.74, 6) is -2.47. The van der Waals surface area contributed by atoms with Crippen molar-refractivity contribution in [2.45, 2.75) is 0 Å². The van der Waals surface area contributed by atoms with Gasteiger partial charge in [-0.25, -0.2) is 13.6 Å². The van der Waals surface area contributed by atoms with Crippen LogP contribution >= 0.6 is 16.3 Å². The number of carbonyl (C=O) groups excluding carboxylic acids is 1. The van der Waals surface area contributed by atoms with Gasteiger partial charge in [0.1, 0.15) is 11.6 Å². The maximum Gasteiger partial charge on any atom is 0.349 e. The molecule has 1 aromatic carbocycles. The molecule has 0 bridgehead atoms. The molecule has 2 nitrogen and oxygen atoms in total. The van der Waals surface area contributed by atoms with Crippen LogP contribution in [0.3, 0.4) is 0 Å². The number of halogens is 3. The van der Waals surface area contributed by atoms with Crippen molar-refractivity contribution in [3.05, 3.63) is 35.4 Å². The number of carbonyl (C=O) groups is 1. The molecule has 0 saturated heterocycles. The van der Waals surface area contributed by atoms with Gasteiger partial charge in [0.25, 0.3) is 0 Å². The van der Waals surface area contributed by atoms with Gasteiger partial charge >= 0.3 is 5.97 Å².